The highest BCUT2D eigenvalue weighted by Gasteiger charge is 2.31. The number of carbonyl (C=O) groups excluding carboxylic acids is 1. The van der Waals surface area contributed by atoms with Gasteiger partial charge in [-0.1, -0.05) is 0 Å². The molecule has 0 aromatic rings. The van der Waals surface area contributed by atoms with Crippen LogP contribution in [0.5, 0.6) is 0 Å². The fraction of sp³-hybridized carbons (Fsp3) is 0.636. The molecule has 0 bridgehead atoms. The van der Waals surface area contributed by atoms with Crippen LogP contribution in [-0.2, 0) is 19.4 Å². The largest absolute Gasteiger partial charge is 0.450 e. The van der Waals surface area contributed by atoms with Crippen LogP contribution in [0.15, 0.2) is 16.9 Å². The van der Waals surface area contributed by atoms with Gasteiger partial charge in [0.25, 0.3) is 0 Å². The van der Waals surface area contributed by atoms with Gasteiger partial charge in [0.15, 0.2) is 0 Å². The van der Waals surface area contributed by atoms with Crippen LogP contribution in [0.4, 0.5) is 4.79 Å². The number of amides is 1. The zero-order valence-electron chi connectivity index (χ0n) is 13.4. The van der Waals surface area contributed by atoms with Crippen molar-refractivity contribution in [3.8, 4) is 0 Å². The van der Waals surface area contributed by atoms with Crippen molar-refractivity contribution in [1.29, 1.82) is 0 Å². The molecule has 14 heteroatoms. The smallest absolute Gasteiger partial charge is 0.418 e. The Morgan fingerprint density at radius 3 is 2.72 bits per heavy atom. The van der Waals surface area contributed by atoms with Crippen LogP contribution in [-0.4, -0.2) is 77.8 Å². The molecular weight excluding hydrogens is 378 g/mol. The van der Waals surface area contributed by atoms with Crippen molar-refractivity contribution in [1.82, 2.24) is 15.3 Å². The highest BCUT2D eigenvalue weighted by Crippen LogP contribution is 2.20. The lowest BCUT2D eigenvalue weighted by Crippen LogP contribution is -2.55. The molecule has 6 N–H and O–H groups in total. The number of hydroxylamine groups is 2. The summed E-state index contributed by atoms with van der Waals surface area (Å²) in [6.07, 6.45) is -0.480. The van der Waals surface area contributed by atoms with Gasteiger partial charge in [0, 0.05) is 24.6 Å². The predicted molar refractivity (Wildman–Crippen MR) is 90.6 cm³/mol. The van der Waals surface area contributed by atoms with Gasteiger partial charge in [-0.2, -0.15) is 30.2 Å². The minimum atomic E-state index is -4.85. The molecule has 2 heterocycles. The molecule has 25 heavy (non-hydrogen) atoms. The Kier molecular flexibility index (Phi) is 7.91. The highest BCUT2D eigenvalue weighted by molar-refractivity contribution is 7.99. The molecule has 0 radical (unpaired) electrons. The van der Waals surface area contributed by atoms with Gasteiger partial charge >= 0.3 is 16.5 Å². The maximum atomic E-state index is 11.6. The number of thioether (sulfide) groups is 1. The van der Waals surface area contributed by atoms with Crippen LogP contribution < -0.4 is 11.1 Å². The van der Waals surface area contributed by atoms with E-state index in [1.165, 1.54) is 6.08 Å². The van der Waals surface area contributed by atoms with Crippen LogP contribution in [0.2, 0.25) is 0 Å². The van der Waals surface area contributed by atoms with Gasteiger partial charge in [0.1, 0.15) is 12.0 Å². The molecule has 1 atom stereocenters. The van der Waals surface area contributed by atoms with Crippen LogP contribution in [0.1, 0.15) is 6.92 Å². The zero-order valence-corrected chi connectivity index (χ0v) is 15.0. The molecule has 2 rings (SSSR count). The van der Waals surface area contributed by atoms with Crippen molar-refractivity contribution >= 4 is 34.2 Å². The third-order valence-electron chi connectivity index (χ3n) is 3.02. The van der Waals surface area contributed by atoms with Gasteiger partial charge in [-0.3, -0.25) is 9.87 Å². The molecule has 144 valence electrons. The normalized spacial score (nSPS) is 21.0. The van der Waals surface area contributed by atoms with Crippen molar-refractivity contribution < 1.29 is 32.3 Å². The summed E-state index contributed by atoms with van der Waals surface area (Å²) in [5.41, 5.74) is 5.87. The topological polar surface area (TPSA) is 178 Å². The van der Waals surface area contributed by atoms with E-state index in [0.717, 1.165) is 24.6 Å². The van der Waals surface area contributed by atoms with Gasteiger partial charge in [-0.15, -0.1) is 4.28 Å². The highest BCUT2D eigenvalue weighted by atomic mass is 32.3. The molecule has 1 saturated heterocycles. The van der Waals surface area contributed by atoms with E-state index in [1.54, 1.807) is 18.7 Å². The summed E-state index contributed by atoms with van der Waals surface area (Å²) in [6, 6.07) is 0. The molecule has 1 fully saturated rings. The lowest BCUT2D eigenvalue weighted by Gasteiger charge is -2.35. The molecule has 0 spiro atoms. The predicted octanol–water partition coefficient (Wildman–Crippen LogP) is -1.51. The van der Waals surface area contributed by atoms with E-state index in [2.05, 4.69) is 14.6 Å². The summed E-state index contributed by atoms with van der Waals surface area (Å²) >= 11 is 1.80. The molecule has 0 aliphatic carbocycles. The number of ether oxygens (including phenoxy) is 1. The molecule has 1 amide bonds. The van der Waals surface area contributed by atoms with Gasteiger partial charge in [0.05, 0.1) is 6.61 Å². The van der Waals surface area contributed by atoms with Crippen molar-refractivity contribution in [2.24, 2.45) is 10.7 Å². The summed E-state index contributed by atoms with van der Waals surface area (Å²) in [7, 11) is -4.85. The van der Waals surface area contributed by atoms with E-state index in [0.29, 0.717) is 10.9 Å². The van der Waals surface area contributed by atoms with Crippen molar-refractivity contribution in [2.45, 2.75) is 13.1 Å². The average molecular weight is 399 g/mol. The van der Waals surface area contributed by atoms with Gasteiger partial charge < -0.3 is 20.8 Å². The zero-order chi connectivity index (χ0) is 17.7. The quantitative estimate of drug-likeness (QED) is 0.470. The molecule has 2 aliphatic heterocycles. The van der Waals surface area contributed by atoms with Gasteiger partial charge in [0.2, 0.25) is 5.96 Å². The molecule has 0 saturated carbocycles. The molecule has 1 unspecified atom stereocenters. The van der Waals surface area contributed by atoms with E-state index in [1.807, 2.05) is 4.90 Å². The Labute approximate surface area is 149 Å². The first kappa shape index (κ1) is 21.5. The fourth-order valence-electron chi connectivity index (χ4n) is 2.05. The number of aliphatic imine (C=N–C) groups is 1. The van der Waals surface area contributed by atoms with Crippen molar-refractivity contribution in [3.05, 3.63) is 11.9 Å². The number of rotatable bonds is 4. The van der Waals surface area contributed by atoms with E-state index in [-0.39, 0.29) is 18.0 Å². The third kappa shape index (κ3) is 6.33. The van der Waals surface area contributed by atoms with E-state index in [4.69, 9.17) is 15.0 Å². The first-order valence-corrected chi connectivity index (χ1v) is 9.61. The number of hydrogen-bond acceptors (Lipinski definition) is 10. The SMILES string of the molecule is CCOC(=O)NC1=NC(N2CCSCC2)=CC(N)N1OS(=O)(=O)O.O. The van der Waals surface area contributed by atoms with Crippen LogP contribution >= 0.6 is 11.8 Å². The molecular formula is C11H21N5O7S2. The molecule has 0 aromatic carbocycles. The Hall–Kier alpha value is -1.58. The van der Waals surface area contributed by atoms with Crippen molar-refractivity contribution in [2.75, 3.05) is 31.2 Å². The standard InChI is InChI=1S/C11H19N5O6S2.H2O/c1-2-21-11(17)14-10-13-9(15-3-5-23-6-4-15)7-8(12)16(10)22-24(18,19)20;/h7-8H,2-6,12H2,1H3,(H,13,14,17)(H,18,19,20);1H2. The first-order chi connectivity index (χ1) is 11.3. The van der Waals surface area contributed by atoms with Crippen LogP contribution in [0.25, 0.3) is 0 Å². The van der Waals surface area contributed by atoms with Crippen molar-refractivity contribution in [3.63, 3.8) is 0 Å². The van der Waals surface area contributed by atoms with E-state index >= 15 is 0 Å². The van der Waals surface area contributed by atoms with E-state index in [9.17, 15) is 13.2 Å². The van der Waals surface area contributed by atoms with Crippen LogP contribution in [0.3, 0.4) is 0 Å². The minimum Gasteiger partial charge on any atom is -0.450 e. The summed E-state index contributed by atoms with van der Waals surface area (Å²) in [4.78, 5) is 17.8. The van der Waals surface area contributed by atoms with Gasteiger partial charge in [-0.05, 0) is 13.0 Å². The monoisotopic (exact) mass is 399 g/mol. The summed E-state index contributed by atoms with van der Waals surface area (Å²) in [5.74, 6) is 2.00. The maximum Gasteiger partial charge on any atom is 0.418 e. The second kappa shape index (κ2) is 9.21. The second-order valence-corrected chi connectivity index (χ2v) is 6.95. The first-order valence-electron chi connectivity index (χ1n) is 7.09. The lowest BCUT2D eigenvalue weighted by atomic mass is 10.3. The lowest BCUT2D eigenvalue weighted by molar-refractivity contribution is -0.0158. The molecule has 2 aliphatic rings. The fourth-order valence-corrected chi connectivity index (χ4v) is 3.33. The third-order valence-corrected chi connectivity index (χ3v) is 4.31. The summed E-state index contributed by atoms with van der Waals surface area (Å²) in [5, 5.41) is 2.83. The Balaban J connectivity index is 0.00000312. The molecule has 0 aromatic heterocycles. The second-order valence-electron chi connectivity index (χ2n) is 4.72. The summed E-state index contributed by atoms with van der Waals surface area (Å²) < 4.78 is 40.0. The Morgan fingerprint density at radius 1 is 1.52 bits per heavy atom. The Morgan fingerprint density at radius 2 is 2.16 bits per heavy atom. The average Bonchev–Trinajstić information content (AvgIpc) is 2.50. The van der Waals surface area contributed by atoms with Gasteiger partial charge in [-0.25, -0.2) is 4.79 Å². The number of alkyl carbamates (subject to hydrolysis) is 1. The van der Waals surface area contributed by atoms with E-state index < -0.39 is 22.7 Å². The molecule has 12 nitrogen and oxygen atoms in total. The number of nitrogens with zero attached hydrogens (tertiary/aromatic N) is 3. The number of nitrogens with two attached hydrogens (primary N) is 1. The number of hydrogen-bond donors (Lipinski definition) is 3. The summed E-state index contributed by atoms with van der Waals surface area (Å²) in [6.45, 7) is 3.19. The maximum absolute atomic E-state index is 11.6. The number of carbonyl (C=O) groups is 1. The van der Waals surface area contributed by atoms with Crippen LogP contribution in [0, 0.1) is 0 Å². The number of nitrogens with one attached hydrogen (secondary N) is 1. The Bertz CT molecular complexity index is 633. The minimum absolute atomic E-state index is 0. The number of guanidine groups is 1.